The fraction of sp³-hybridized carbons (Fsp3) is 0.400. The minimum absolute atomic E-state index is 0.177. The number of rotatable bonds is 4. The second kappa shape index (κ2) is 6.39. The number of hydrogen-bond acceptors (Lipinski definition) is 3. The molecule has 6 heteroatoms. The summed E-state index contributed by atoms with van der Waals surface area (Å²) in [5, 5.41) is 11.5. The Hall–Kier alpha value is -2.37. The summed E-state index contributed by atoms with van der Waals surface area (Å²) in [5.41, 5.74) is 1.89. The van der Waals surface area contributed by atoms with E-state index in [-0.39, 0.29) is 18.7 Å². The van der Waals surface area contributed by atoms with E-state index in [2.05, 4.69) is 5.32 Å². The number of amides is 2. The number of piperazine rings is 1. The van der Waals surface area contributed by atoms with E-state index in [1.54, 1.807) is 0 Å². The summed E-state index contributed by atoms with van der Waals surface area (Å²) < 4.78 is 0. The first-order valence-corrected chi connectivity index (χ1v) is 6.82. The number of nitrogens with one attached hydrogen (secondary N) is 1. The number of nitrogens with zero attached hydrogens (tertiary/aromatic N) is 1. The van der Waals surface area contributed by atoms with Crippen LogP contribution in [0, 0.1) is 6.92 Å². The van der Waals surface area contributed by atoms with Gasteiger partial charge in [0, 0.05) is 13.1 Å². The molecule has 0 bridgehead atoms. The van der Waals surface area contributed by atoms with Crippen LogP contribution in [0.15, 0.2) is 24.3 Å². The lowest BCUT2D eigenvalue weighted by Gasteiger charge is -2.34. The number of aryl methyl sites for hydroxylation is 1. The predicted octanol–water partition coefficient (Wildman–Crippen LogP) is 0.339. The normalized spacial score (nSPS) is 18.2. The molecule has 1 fully saturated rings. The van der Waals surface area contributed by atoms with Gasteiger partial charge in [-0.15, -0.1) is 0 Å². The highest BCUT2D eigenvalue weighted by Crippen LogP contribution is 2.14. The fourth-order valence-electron chi connectivity index (χ4n) is 2.45. The van der Waals surface area contributed by atoms with E-state index in [1.165, 1.54) is 4.90 Å². The molecule has 0 spiro atoms. The molecule has 0 aliphatic carbocycles. The number of benzene rings is 1. The van der Waals surface area contributed by atoms with Crippen LogP contribution >= 0.6 is 0 Å². The Morgan fingerprint density at radius 2 is 2.10 bits per heavy atom. The minimum Gasteiger partial charge on any atom is -0.481 e. The van der Waals surface area contributed by atoms with Gasteiger partial charge in [-0.1, -0.05) is 24.3 Å². The number of carbonyl (C=O) groups is 3. The van der Waals surface area contributed by atoms with E-state index in [1.807, 2.05) is 31.2 Å². The molecule has 6 nitrogen and oxygen atoms in total. The highest BCUT2D eigenvalue weighted by Gasteiger charge is 2.34. The predicted molar refractivity (Wildman–Crippen MR) is 75.6 cm³/mol. The standard InChI is InChI=1S/C15H18N2O4/c1-10-4-2-3-5-11(10)8-13(18)17-7-6-16-15(21)12(17)9-14(19)20/h2-5,12H,6-9H2,1H3,(H,16,21)(H,19,20). The van der Waals surface area contributed by atoms with Crippen molar-refractivity contribution in [1.82, 2.24) is 10.2 Å². The lowest BCUT2D eigenvalue weighted by Crippen LogP contribution is -2.58. The SMILES string of the molecule is Cc1ccccc1CC(=O)N1CCNC(=O)C1CC(=O)O. The lowest BCUT2D eigenvalue weighted by atomic mass is 10.0. The number of aliphatic carboxylic acids is 1. The molecule has 2 rings (SSSR count). The van der Waals surface area contributed by atoms with E-state index in [9.17, 15) is 14.4 Å². The molecule has 1 saturated heterocycles. The Labute approximate surface area is 122 Å². The summed E-state index contributed by atoms with van der Waals surface area (Å²) in [7, 11) is 0. The largest absolute Gasteiger partial charge is 0.481 e. The van der Waals surface area contributed by atoms with E-state index < -0.39 is 17.9 Å². The van der Waals surface area contributed by atoms with Gasteiger partial charge in [0.05, 0.1) is 12.8 Å². The molecule has 1 aromatic rings. The van der Waals surface area contributed by atoms with E-state index in [4.69, 9.17) is 5.11 Å². The molecule has 1 aliphatic rings. The summed E-state index contributed by atoms with van der Waals surface area (Å²) >= 11 is 0. The molecule has 1 aromatic carbocycles. The Balaban J connectivity index is 2.14. The van der Waals surface area contributed by atoms with Crippen LogP contribution in [0.1, 0.15) is 17.5 Å². The average molecular weight is 290 g/mol. The molecule has 0 saturated carbocycles. The maximum Gasteiger partial charge on any atom is 0.305 e. The Kier molecular flexibility index (Phi) is 4.57. The van der Waals surface area contributed by atoms with E-state index in [0.29, 0.717) is 13.1 Å². The first-order valence-electron chi connectivity index (χ1n) is 6.82. The van der Waals surface area contributed by atoms with Crippen LogP contribution in [0.5, 0.6) is 0 Å². The highest BCUT2D eigenvalue weighted by molar-refractivity contribution is 5.92. The quantitative estimate of drug-likeness (QED) is 0.837. The van der Waals surface area contributed by atoms with Crippen molar-refractivity contribution in [1.29, 1.82) is 0 Å². The monoisotopic (exact) mass is 290 g/mol. The molecular formula is C15H18N2O4. The van der Waals surface area contributed by atoms with Crippen LogP contribution < -0.4 is 5.32 Å². The second-order valence-electron chi connectivity index (χ2n) is 5.10. The third-order valence-corrected chi connectivity index (χ3v) is 3.62. The van der Waals surface area contributed by atoms with Gasteiger partial charge in [0.1, 0.15) is 6.04 Å². The van der Waals surface area contributed by atoms with Gasteiger partial charge in [-0.05, 0) is 18.1 Å². The van der Waals surface area contributed by atoms with Crippen molar-refractivity contribution in [2.24, 2.45) is 0 Å². The van der Waals surface area contributed by atoms with Crippen LogP contribution in [0.2, 0.25) is 0 Å². The van der Waals surface area contributed by atoms with Crippen molar-refractivity contribution in [2.75, 3.05) is 13.1 Å². The Morgan fingerprint density at radius 3 is 2.76 bits per heavy atom. The van der Waals surface area contributed by atoms with Gasteiger partial charge >= 0.3 is 5.97 Å². The van der Waals surface area contributed by atoms with Gasteiger partial charge in [-0.3, -0.25) is 14.4 Å². The summed E-state index contributed by atoms with van der Waals surface area (Å²) in [6, 6.07) is 6.61. The molecule has 0 aromatic heterocycles. The fourth-order valence-corrected chi connectivity index (χ4v) is 2.45. The molecule has 1 heterocycles. The summed E-state index contributed by atoms with van der Waals surface area (Å²) in [6.07, 6.45) is -0.193. The third-order valence-electron chi connectivity index (χ3n) is 3.62. The topological polar surface area (TPSA) is 86.7 Å². The van der Waals surface area contributed by atoms with Gasteiger partial charge in [0.25, 0.3) is 0 Å². The number of carboxylic acid groups (broad SMARTS) is 1. The van der Waals surface area contributed by atoms with Crippen LogP contribution in [0.25, 0.3) is 0 Å². The van der Waals surface area contributed by atoms with E-state index in [0.717, 1.165) is 11.1 Å². The van der Waals surface area contributed by atoms with Gasteiger partial charge in [0.15, 0.2) is 0 Å². The number of carboxylic acids is 1. The molecule has 112 valence electrons. The molecule has 2 N–H and O–H groups in total. The van der Waals surface area contributed by atoms with Crippen LogP contribution in [0.3, 0.4) is 0 Å². The van der Waals surface area contributed by atoms with Crippen molar-refractivity contribution in [2.45, 2.75) is 25.8 Å². The molecule has 1 unspecified atom stereocenters. The molecule has 0 radical (unpaired) electrons. The minimum atomic E-state index is -1.09. The Morgan fingerprint density at radius 1 is 1.38 bits per heavy atom. The molecule has 2 amide bonds. The molecule has 21 heavy (non-hydrogen) atoms. The van der Waals surface area contributed by atoms with E-state index >= 15 is 0 Å². The van der Waals surface area contributed by atoms with Crippen molar-refractivity contribution in [3.8, 4) is 0 Å². The molecular weight excluding hydrogens is 272 g/mol. The average Bonchev–Trinajstić information content (AvgIpc) is 2.43. The first-order chi connectivity index (χ1) is 9.99. The lowest BCUT2D eigenvalue weighted by molar-refractivity contribution is -0.148. The smallest absolute Gasteiger partial charge is 0.305 e. The number of hydrogen-bond donors (Lipinski definition) is 2. The zero-order valence-corrected chi connectivity index (χ0v) is 11.8. The number of carbonyl (C=O) groups excluding carboxylic acids is 2. The maximum atomic E-state index is 12.4. The maximum absolute atomic E-state index is 12.4. The summed E-state index contributed by atoms with van der Waals surface area (Å²) in [6.45, 7) is 2.61. The Bertz CT molecular complexity index is 571. The van der Waals surface area contributed by atoms with Crippen molar-refractivity contribution in [3.63, 3.8) is 0 Å². The zero-order valence-electron chi connectivity index (χ0n) is 11.8. The summed E-state index contributed by atoms with van der Waals surface area (Å²) in [4.78, 5) is 36.5. The molecule has 1 atom stereocenters. The van der Waals surface area contributed by atoms with Crippen molar-refractivity contribution >= 4 is 17.8 Å². The van der Waals surface area contributed by atoms with Gasteiger partial charge < -0.3 is 15.3 Å². The van der Waals surface area contributed by atoms with Crippen LogP contribution in [0.4, 0.5) is 0 Å². The van der Waals surface area contributed by atoms with Gasteiger partial charge in [-0.2, -0.15) is 0 Å². The molecule has 1 aliphatic heterocycles. The van der Waals surface area contributed by atoms with Crippen LogP contribution in [-0.4, -0.2) is 46.9 Å². The highest BCUT2D eigenvalue weighted by atomic mass is 16.4. The summed E-state index contributed by atoms with van der Waals surface area (Å²) in [5.74, 6) is -1.71. The van der Waals surface area contributed by atoms with Crippen molar-refractivity contribution < 1.29 is 19.5 Å². The van der Waals surface area contributed by atoms with Crippen LogP contribution in [-0.2, 0) is 20.8 Å². The second-order valence-corrected chi connectivity index (χ2v) is 5.10. The van der Waals surface area contributed by atoms with Gasteiger partial charge in [-0.25, -0.2) is 0 Å². The van der Waals surface area contributed by atoms with Gasteiger partial charge in [0.2, 0.25) is 11.8 Å². The van der Waals surface area contributed by atoms with Crippen molar-refractivity contribution in [3.05, 3.63) is 35.4 Å². The third kappa shape index (κ3) is 3.59. The zero-order chi connectivity index (χ0) is 15.4. The first kappa shape index (κ1) is 15.0.